The SMILES string of the molecule is Fc1ccc(-c2cnnc3nc[nH]c23)cc1. The van der Waals surface area contributed by atoms with Gasteiger partial charge in [-0.1, -0.05) is 12.1 Å². The zero-order chi connectivity index (χ0) is 11.0. The molecule has 0 atom stereocenters. The van der Waals surface area contributed by atoms with Crippen LogP contribution in [0.1, 0.15) is 0 Å². The molecule has 1 aromatic carbocycles. The number of benzene rings is 1. The largest absolute Gasteiger partial charge is 0.343 e. The maximum Gasteiger partial charge on any atom is 0.200 e. The van der Waals surface area contributed by atoms with Crippen molar-refractivity contribution in [3.63, 3.8) is 0 Å². The van der Waals surface area contributed by atoms with Crippen LogP contribution in [0.2, 0.25) is 0 Å². The topological polar surface area (TPSA) is 54.5 Å². The van der Waals surface area contributed by atoms with Crippen molar-refractivity contribution in [2.45, 2.75) is 0 Å². The summed E-state index contributed by atoms with van der Waals surface area (Å²) in [6.07, 6.45) is 3.19. The predicted molar refractivity (Wildman–Crippen MR) is 57.1 cm³/mol. The maximum absolute atomic E-state index is 12.8. The summed E-state index contributed by atoms with van der Waals surface area (Å²) in [7, 11) is 0. The zero-order valence-electron chi connectivity index (χ0n) is 8.18. The molecule has 0 aliphatic rings. The van der Waals surface area contributed by atoms with Crippen LogP contribution in [-0.2, 0) is 0 Å². The smallest absolute Gasteiger partial charge is 0.200 e. The highest BCUT2D eigenvalue weighted by molar-refractivity contribution is 5.88. The molecule has 0 unspecified atom stereocenters. The van der Waals surface area contributed by atoms with Gasteiger partial charge in [0.1, 0.15) is 5.82 Å². The second-order valence-corrected chi connectivity index (χ2v) is 3.37. The Bertz CT molecular complexity index is 630. The van der Waals surface area contributed by atoms with Gasteiger partial charge in [-0.05, 0) is 17.7 Å². The van der Waals surface area contributed by atoms with Crippen LogP contribution in [0.5, 0.6) is 0 Å². The van der Waals surface area contributed by atoms with E-state index in [1.165, 1.54) is 12.1 Å². The highest BCUT2D eigenvalue weighted by Crippen LogP contribution is 2.24. The summed E-state index contributed by atoms with van der Waals surface area (Å²) in [4.78, 5) is 7.01. The van der Waals surface area contributed by atoms with Crippen molar-refractivity contribution in [3.05, 3.63) is 42.6 Å². The number of nitrogens with one attached hydrogen (secondary N) is 1. The highest BCUT2D eigenvalue weighted by atomic mass is 19.1. The Labute approximate surface area is 90.2 Å². The quantitative estimate of drug-likeness (QED) is 0.675. The summed E-state index contributed by atoms with van der Waals surface area (Å²) in [5, 5.41) is 7.74. The molecule has 0 saturated carbocycles. The molecule has 0 saturated heterocycles. The number of hydrogen-bond acceptors (Lipinski definition) is 3. The third-order valence-corrected chi connectivity index (χ3v) is 2.38. The van der Waals surface area contributed by atoms with E-state index in [1.807, 2.05) is 0 Å². The lowest BCUT2D eigenvalue weighted by molar-refractivity contribution is 0.628. The highest BCUT2D eigenvalue weighted by Gasteiger charge is 2.07. The molecule has 0 fully saturated rings. The molecule has 0 bridgehead atoms. The lowest BCUT2D eigenvalue weighted by atomic mass is 10.1. The van der Waals surface area contributed by atoms with E-state index in [1.54, 1.807) is 24.7 Å². The first kappa shape index (κ1) is 8.96. The molecular formula is C11H7FN4. The fraction of sp³-hybridized carbons (Fsp3) is 0. The molecule has 5 heteroatoms. The first-order chi connectivity index (χ1) is 7.84. The van der Waals surface area contributed by atoms with Crippen LogP contribution in [0.25, 0.3) is 22.3 Å². The van der Waals surface area contributed by atoms with E-state index in [0.29, 0.717) is 5.65 Å². The molecule has 0 aliphatic carbocycles. The Balaban J connectivity index is 2.25. The molecule has 0 spiro atoms. The second kappa shape index (κ2) is 3.37. The lowest BCUT2D eigenvalue weighted by Crippen LogP contribution is -1.87. The van der Waals surface area contributed by atoms with Crippen molar-refractivity contribution < 1.29 is 4.39 Å². The van der Waals surface area contributed by atoms with Crippen LogP contribution in [-0.4, -0.2) is 20.2 Å². The zero-order valence-corrected chi connectivity index (χ0v) is 8.18. The van der Waals surface area contributed by atoms with Gasteiger partial charge in [-0.25, -0.2) is 9.37 Å². The fourth-order valence-corrected chi connectivity index (χ4v) is 1.62. The van der Waals surface area contributed by atoms with Gasteiger partial charge in [0.15, 0.2) is 5.65 Å². The molecule has 16 heavy (non-hydrogen) atoms. The van der Waals surface area contributed by atoms with Crippen molar-refractivity contribution in [2.75, 3.05) is 0 Å². The molecule has 1 N–H and O–H groups in total. The van der Waals surface area contributed by atoms with Crippen molar-refractivity contribution >= 4 is 11.2 Å². The second-order valence-electron chi connectivity index (χ2n) is 3.37. The van der Waals surface area contributed by atoms with Gasteiger partial charge in [-0.3, -0.25) is 0 Å². The molecule has 4 nitrogen and oxygen atoms in total. The van der Waals surface area contributed by atoms with Crippen LogP contribution in [0.3, 0.4) is 0 Å². The monoisotopic (exact) mass is 214 g/mol. The van der Waals surface area contributed by atoms with Gasteiger partial charge in [0.25, 0.3) is 0 Å². The van der Waals surface area contributed by atoms with E-state index in [9.17, 15) is 4.39 Å². The van der Waals surface area contributed by atoms with Crippen molar-refractivity contribution in [2.24, 2.45) is 0 Å². The van der Waals surface area contributed by atoms with Crippen LogP contribution < -0.4 is 0 Å². The summed E-state index contributed by atoms with van der Waals surface area (Å²) in [5.74, 6) is -0.258. The number of H-pyrrole nitrogens is 1. The minimum absolute atomic E-state index is 0.258. The standard InChI is InChI=1S/C11H7FN4/c12-8-3-1-7(2-4-8)9-5-15-16-11-10(9)13-6-14-11/h1-6H,(H,13,14,16). The fourth-order valence-electron chi connectivity index (χ4n) is 1.62. The van der Waals surface area contributed by atoms with Crippen LogP contribution in [0, 0.1) is 5.82 Å². The first-order valence-corrected chi connectivity index (χ1v) is 4.75. The van der Waals surface area contributed by atoms with Crippen LogP contribution in [0.4, 0.5) is 4.39 Å². The molecular weight excluding hydrogens is 207 g/mol. The number of hydrogen-bond donors (Lipinski definition) is 1. The van der Waals surface area contributed by atoms with Gasteiger partial charge in [-0.15, -0.1) is 5.10 Å². The first-order valence-electron chi connectivity index (χ1n) is 4.75. The normalized spacial score (nSPS) is 10.8. The average molecular weight is 214 g/mol. The summed E-state index contributed by atoms with van der Waals surface area (Å²) in [6, 6.07) is 6.23. The summed E-state index contributed by atoms with van der Waals surface area (Å²) in [6.45, 7) is 0. The number of imidazole rings is 1. The van der Waals surface area contributed by atoms with Crippen LogP contribution in [0.15, 0.2) is 36.8 Å². The van der Waals surface area contributed by atoms with Crippen molar-refractivity contribution in [1.29, 1.82) is 0 Å². The molecule has 0 radical (unpaired) electrons. The minimum Gasteiger partial charge on any atom is -0.343 e. The Hall–Kier alpha value is -2.30. The lowest BCUT2D eigenvalue weighted by Gasteiger charge is -2.01. The van der Waals surface area contributed by atoms with E-state index < -0.39 is 0 Å². The number of rotatable bonds is 1. The number of fused-ring (bicyclic) bond motifs is 1. The third kappa shape index (κ3) is 1.33. The predicted octanol–water partition coefficient (Wildman–Crippen LogP) is 2.16. The molecule has 78 valence electrons. The van der Waals surface area contributed by atoms with Gasteiger partial charge in [0.2, 0.25) is 0 Å². The number of halogens is 1. The molecule has 2 heterocycles. The summed E-state index contributed by atoms with van der Waals surface area (Å²) < 4.78 is 12.8. The number of aromatic nitrogens is 4. The van der Waals surface area contributed by atoms with E-state index in [0.717, 1.165) is 16.6 Å². The molecule has 3 rings (SSSR count). The number of nitrogens with zero attached hydrogens (tertiary/aromatic N) is 3. The minimum atomic E-state index is -0.258. The van der Waals surface area contributed by atoms with E-state index in [2.05, 4.69) is 20.2 Å². The Morgan fingerprint density at radius 1 is 1.12 bits per heavy atom. The maximum atomic E-state index is 12.8. The van der Waals surface area contributed by atoms with Gasteiger partial charge in [0.05, 0.1) is 18.0 Å². The molecule has 0 aliphatic heterocycles. The van der Waals surface area contributed by atoms with Crippen molar-refractivity contribution in [1.82, 2.24) is 20.2 Å². The Morgan fingerprint density at radius 2 is 1.94 bits per heavy atom. The van der Waals surface area contributed by atoms with Gasteiger partial charge < -0.3 is 4.98 Å². The van der Waals surface area contributed by atoms with Gasteiger partial charge in [-0.2, -0.15) is 5.10 Å². The molecule has 0 amide bonds. The van der Waals surface area contributed by atoms with Gasteiger partial charge >= 0.3 is 0 Å². The Kier molecular flexibility index (Phi) is 1.89. The van der Waals surface area contributed by atoms with Gasteiger partial charge in [0, 0.05) is 5.56 Å². The third-order valence-electron chi connectivity index (χ3n) is 2.38. The van der Waals surface area contributed by atoms with E-state index in [4.69, 9.17) is 0 Å². The average Bonchev–Trinajstić information content (AvgIpc) is 2.78. The number of aromatic amines is 1. The van der Waals surface area contributed by atoms with Crippen LogP contribution >= 0.6 is 0 Å². The Morgan fingerprint density at radius 3 is 2.75 bits per heavy atom. The van der Waals surface area contributed by atoms with E-state index in [-0.39, 0.29) is 5.82 Å². The summed E-state index contributed by atoms with van der Waals surface area (Å²) in [5.41, 5.74) is 3.11. The molecule has 2 aromatic heterocycles. The van der Waals surface area contributed by atoms with E-state index >= 15 is 0 Å². The van der Waals surface area contributed by atoms with Crippen molar-refractivity contribution in [3.8, 4) is 11.1 Å². The summed E-state index contributed by atoms with van der Waals surface area (Å²) >= 11 is 0. The molecule has 3 aromatic rings.